The van der Waals surface area contributed by atoms with E-state index in [0.717, 1.165) is 4.88 Å². The van der Waals surface area contributed by atoms with Crippen molar-refractivity contribution in [2.24, 2.45) is 0 Å². The number of anilines is 1. The van der Waals surface area contributed by atoms with E-state index in [2.05, 4.69) is 14.8 Å². The Balaban J connectivity index is 2.16. The molecule has 0 fully saturated rings. The number of amides is 1. The molecule has 0 aromatic carbocycles. The van der Waals surface area contributed by atoms with Crippen LogP contribution >= 0.6 is 11.5 Å². The van der Waals surface area contributed by atoms with Crippen LogP contribution in [0.5, 0.6) is 0 Å². The molecule has 1 amide bonds. The number of carbonyl (C=O) groups is 1. The Kier molecular flexibility index (Phi) is 3.23. The number of hydrogen-bond donors (Lipinski definition) is 1. The maximum atomic E-state index is 11.9. The summed E-state index contributed by atoms with van der Waals surface area (Å²) in [7, 11) is 0. The van der Waals surface area contributed by atoms with Crippen molar-refractivity contribution in [2.75, 3.05) is 5.32 Å². The van der Waals surface area contributed by atoms with Crippen LogP contribution < -0.4 is 5.32 Å². The molecule has 0 saturated carbocycles. The minimum atomic E-state index is -0.237. The summed E-state index contributed by atoms with van der Waals surface area (Å²) in [6.45, 7) is 5.86. The molecular formula is C11H13N3O2S. The van der Waals surface area contributed by atoms with Crippen LogP contribution in [-0.2, 0) is 0 Å². The number of carbonyl (C=O) groups excluding carboxylic acids is 1. The minimum Gasteiger partial charge on any atom is -0.359 e. The molecule has 90 valence electrons. The van der Waals surface area contributed by atoms with Crippen molar-refractivity contribution in [3.8, 4) is 0 Å². The third-order valence-electron chi connectivity index (χ3n) is 2.23. The molecule has 5 nitrogen and oxygen atoms in total. The lowest BCUT2D eigenvalue weighted by Crippen LogP contribution is -2.12. The second-order valence-electron chi connectivity index (χ2n) is 4.04. The summed E-state index contributed by atoms with van der Waals surface area (Å²) in [6, 6.07) is 1.75. The first-order valence-corrected chi connectivity index (χ1v) is 6.04. The summed E-state index contributed by atoms with van der Waals surface area (Å²) in [5, 5.41) is 6.44. The molecule has 2 heterocycles. The van der Waals surface area contributed by atoms with E-state index in [4.69, 9.17) is 4.52 Å². The molecule has 0 atom stereocenters. The van der Waals surface area contributed by atoms with E-state index in [1.807, 2.05) is 20.8 Å². The van der Waals surface area contributed by atoms with Gasteiger partial charge < -0.3 is 9.84 Å². The fourth-order valence-electron chi connectivity index (χ4n) is 1.42. The second kappa shape index (κ2) is 4.67. The van der Waals surface area contributed by atoms with Gasteiger partial charge in [-0.2, -0.15) is 4.37 Å². The van der Waals surface area contributed by atoms with Crippen molar-refractivity contribution < 1.29 is 9.32 Å². The monoisotopic (exact) mass is 251 g/mol. The van der Waals surface area contributed by atoms with E-state index in [1.54, 1.807) is 6.07 Å². The summed E-state index contributed by atoms with van der Waals surface area (Å²) < 4.78 is 9.13. The number of nitrogens with zero attached hydrogens (tertiary/aromatic N) is 2. The second-order valence-corrected chi connectivity index (χ2v) is 5.04. The molecule has 17 heavy (non-hydrogen) atoms. The first-order chi connectivity index (χ1) is 8.08. The van der Waals surface area contributed by atoms with Gasteiger partial charge in [0.1, 0.15) is 11.4 Å². The number of aromatic nitrogens is 2. The molecule has 0 unspecified atom stereocenters. The molecule has 0 radical (unpaired) electrons. The number of hydrogen-bond acceptors (Lipinski definition) is 5. The van der Waals surface area contributed by atoms with E-state index in [-0.39, 0.29) is 11.8 Å². The van der Waals surface area contributed by atoms with Crippen molar-refractivity contribution in [1.29, 1.82) is 0 Å². The summed E-state index contributed by atoms with van der Waals surface area (Å²) >= 11 is 1.31. The highest BCUT2D eigenvalue weighted by molar-refractivity contribution is 7.05. The largest absolute Gasteiger partial charge is 0.359 e. The van der Waals surface area contributed by atoms with Crippen molar-refractivity contribution >= 4 is 23.1 Å². The lowest BCUT2D eigenvalue weighted by molar-refractivity contribution is 0.102. The first-order valence-electron chi connectivity index (χ1n) is 5.27. The number of aryl methyl sites for hydroxylation is 1. The van der Waals surface area contributed by atoms with Gasteiger partial charge in [0.2, 0.25) is 0 Å². The third kappa shape index (κ3) is 2.52. The Hall–Kier alpha value is -1.69. The topological polar surface area (TPSA) is 68.0 Å². The Morgan fingerprint density at radius 2 is 2.29 bits per heavy atom. The average molecular weight is 251 g/mol. The Bertz CT molecular complexity index is 530. The maximum absolute atomic E-state index is 11.9. The summed E-state index contributed by atoms with van der Waals surface area (Å²) in [6.07, 6.45) is 1.51. The fraction of sp³-hybridized carbons (Fsp3) is 0.364. The quantitative estimate of drug-likeness (QED) is 0.910. The smallest absolute Gasteiger partial charge is 0.275 e. The van der Waals surface area contributed by atoms with Crippen LogP contribution in [0.3, 0.4) is 0 Å². The van der Waals surface area contributed by atoms with Gasteiger partial charge in [-0.05, 0) is 24.5 Å². The highest BCUT2D eigenvalue weighted by atomic mass is 32.1. The predicted octanol–water partition coefficient (Wildman–Crippen LogP) is 2.82. The lowest BCUT2D eigenvalue weighted by atomic mass is 10.1. The Morgan fingerprint density at radius 3 is 2.88 bits per heavy atom. The zero-order chi connectivity index (χ0) is 12.4. The molecule has 0 saturated heterocycles. The van der Waals surface area contributed by atoms with Gasteiger partial charge in [-0.1, -0.05) is 19.0 Å². The molecule has 2 aromatic rings. The summed E-state index contributed by atoms with van der Waals surface area (Å²) in [4.78, 5) is 12.9. The molecule has 2 aromatic heterocycles. The molecule has 0 spiro atoms. The molecule has 6 heteroatoms. The lowest BCUT2D eigenvalue weighted by Gasteiger charge is -2.04. The SMILES string of the molecule is Cc1cc(C(=O)Nc2cnoc2C(C)C)ns1. The van der Waals surface area contributed by atoms with E-state index < -0.39 is 0 Å². The van der Waals surface area contributed by atoms with Crippen LogP contribution in [0, 0.1) is 6.92 Å². The van der Waals surface area contributed by atoms with Gasteiger partial charge in [0.15, 0.2) is 5.76 Å². The number of rotatable bonds is 3. The molecular weight excluding hydrogens is 238 g/mol. The molecule has 0 bridgehead atoms. The predicted molar refractivity (Wildman–Crippen MR) is 65.4 cm³/mol. The van der Waals surface area contributed by atoms with Crippen molar-refractivity contribution in [2.45, 2.75) is 26.7 Å². The van der Waals surface area contributed by atoms with Gasteiger partial charge in [-0.3, -0.25) is 4.79 Å². The average Bonchev–Trinajstić information content (AvgIpc) is 2.86. The molecule has 2 rings (SSSR count). The van der Waals surface area contributed by atoms with Gasteiger partial charge in [-0.15, -0.1) is 0 Å². The van der Waals surface area contributed by atoms with Gasteiger partial charge >= 0.3 is 0 Å². The van der Waals surface area contributed by atoms with Gasteiger partial charge in [0, 0.05) is 10.8 Å². The van der Waals surface area contributed by atoms with E-state index in [9.17, 15) is 4.79 Å². The van der Waals surface area contributed by atoms with Crippen LogP contribution in [0.1, 0.15) is 40.9 Å². The summed E-state index contributed by atoms with van der Waals surface area (Å²) in [5.74, 6) is 0.606. The van der Waals surface area contributed by atoms with Gasteiger partial charge in [-0.25, -0.2) is 0 Å². The number of nitrogens with one attached hydrogen (secondary N) is 1. The first kappa shape index (κ1) is 11.8. The highest BCUT2D eigenvalue weighted by Gasteiger charge is 2.16. The van der Waals surface area contributed by atoms with Crippen molar-refractivity contribution in [1.82, 2.24) is 9.53 Å². The van der Waals surface area contributed by atoms with Crippen LogP contribution in [0.4, 0.5) is 5.69 Å². The Morgan fingerprint density at radius 1 is 1.53 bits per heavy atom. The molecule has 0 aliphatic heterocycles. The van der Waals surface area contributed by atoms with Gasteiger partial charge in [0.25, 0.3) is 5.91 Å². The highest BCUT2D eigenvalue weighted by Crippen LogP contribution is 2.24. The zero-order valence-corrected chi connectivity index (χ0v) is 10.7. The Labute approximate surface area is 103 Å². The summed E-state index contributed by atoms with van der Waals surface area (Å²) in [5.41, 5.74) is 1.03. The molecule has 1 N–H and O–H groups in total. The van der Waals surface area contributed by atoms with Crippen molar-refractivity contribution in [3.63, 3.8) is 0 Å². The fourth-order valence-corrected chi connectivity index (χ4v) is 1.96. The van der Waals surface area contributed by atoms with E-state index in [0.29, 0.717) is 17.1 Å². The third-order valence-corrected chi connectivity index (χ3v) is 2.93. The standard InChI is InChI=1S/C11H13N3O2S/c1-6(2)10-9(5-12-16-10)13-11(15)8-4-7(3)17-14-8/h4-6H,1-3H3,(H,13,15). The molecule has 0 aliphatic carbocycles. The van der Waals surface area contributed by atoms with Crippen LogP contribution in [0.2, 0.25) is 0 Å². The maximum Gasteiger partial charge on any atom is 0.275 e. The van der Waals surface area contributed by atoms with E-state index >= 15 is 0 Å². The van der Waals surface area contributed by atoms with Crippen molar-refractivity contribution in [3.05, 3.63) is 28.6 Å². The van der Waals surface area contributed by atoms with Crippen LogP contribution in [0.25, 0.3) is 0 Å². The minimum absolute atomic E-state index is 0.171. The van der Waals surface area contributed by atoms with E-state index in [1.165, 1.54) is 17.7 Å². The zero-order valence-electron chi connectivity index (χ0n) is 9.85. The van der Waals surface area contributed by atoms with Gasteiger partial charge in [0.05, 0.1) is 6.20 Å². The van der Waals surface area contributed by atoms with Crippen LogP contribution in [0.15, 0.2) is 16.8 Å². The van der Waals surface area contributed by atoms with Crippen LogP contribution in [-0.4, -0.2) is 15.4 Å². The normalized spacial score (nSPS) is 10.8. The molecule has 0 aliphatic rings.